The molecule has 7 nitrogen and oxygen atoms in total. The van der Waals surface area contributed by atoms with Crippen LogP contribution >= 0.6 is 11.6 Å². The van der Waals surface area contributed by atoms with Gasteiger partial charge in [0.05, 0.1) is 17.6 Å². The third-order valence-corrected chi connectivity index (χ3v) is 4.61. The SMILES string of the molecule is O=C(CN1CCCC1c1noc(C2CC2)n1)Nc1ccc(Cl)cn1. The number of nitrogens with zero attached hydrogens (tertiary/aromatic N) is 4. The van der Waals surface area contributed by atoms with Crippen LogP contribution in [0.25, 0.3) is 0 Å². The van der Waals surface area contributed by atoms with Crippen LogP contribution in [0.3, 0.4) is 0 Å². The van der Waals surface area contributed by atoms with Crippen LogP contribution in [-0.4, -0.2) is 39.0 Å². The van der Waals surface area contributed by atoms with Gasteiger partial charge < -0.3 is 9.84 Å². The van der Waals surface area contributed by atoms with Crippen LogP contribution in [0.2, 0.25) is 5.02 Å². The summed E-state index contributed by atoms with van der Waals surface area (Å²) in [4.78, 5) is 23.0. The van der Waals surface area contributed by atoms with Crippen molar-refractivity contribution in [2.45, 2.75) is 37.6 Å². The third kappa shape index (κ3) is 3.42. The first-order valence-electron chi connectivity index (χ1n) is 8.18. The van der Waals surface area contributed by atoms with Crippen molar-refractivity contribution < 1.29 is 9.32 Å². The molecule has 1 saturated carbocycles. The normalized spacial score (nSPS) is 21.1. The van der Waals surface area contributed by atoms with E-state index in [0.717, 1.165) is 38.1 Å². The molecule has 126 valence electrons. The molecule has 8 heteroatoms. The van der Waals surface area contributed by atoms with Gasteiger partial charge in [-0.15, -0.1) is 0 Å². The molecular formula is C16H18ClN5O2. The highest BCUT2D eigenvalue weighted by Gasteiger charge is 2.34. The molecule has 1 N–H and O–H groups in total. The Labute approximate surface area is 144 Å². The van der Waals surface area contributed by atoms with E-state index < -0.39 is 0 Å². The molecule has 0 radical (unpaired) electrons. The van der Waals surface area contributed by atoms with Crippen molar-refractivity contribution in [1.82, 2.24) is 20.0 Å². The largest absolute Gasteiger partial charge is 0.339 e. The molecule has 3 heterocycles. The standard InChI is InChI=1S/C16H18ClN5O2/c17-11-5-6-13(18-8-11)19-14(23)9-22-7-1-2-12(22)15-20-16(24-21-15)10-3-4-10/h5-6,8,10,12H,1-4,7,9H2,(H,18,19,23). The number of halogens is 1. The molecule has 0 spiro atoms. The molecule has 24 heavy (non-hydrogen) atoms. The van der Waals surface area contributed by atoms with E-state index in [1.807, 2.05) is 0 Å². The molecule has 1 saturated heterocycles. The molecule has 1 aliphatic carbocycles. The van der Waals surface area contributed by atoms with E-state index in [0.29, 0.717) is 22.6 Å². The van der Waals surface area contributed by atoms with Gasteiger partial charge in [-0.25, -0.2) is 4.98 Å². The number of carbonyl (C=O) groups is 1. The highest BCUT2D eigenvalue weighted by atomic mass is 35.5. The highest BCUT2D eigenvalue weighted by molar-refractivity contribution is 6.30. The number of amides is 1. The van der Waals surface area contributed by atoms with Gasteiger partial charge in [0.15, 0.2) is 5.82 Å². The van der Waals surface area contributed by atoms with E-state index in [2.05, 4.69) is 25.3 Å². The van der Waals surface area contributed by atoms with Crippen molar-refractivity contribution in [3.05, 3.63) is 35.1 Å². The van der Waals surface area contributed by atoms with Gasteiger partial charge in [0.25, 0.3) is 0 Å². The fraction of sp³-hybridized carbons (Fsp3) is 0.500. The molecule has 1 amide bonds. The topological polar surface area (TPSA) is 84.2 Å². The summed E-state index contributed by atoms with van der Waals surface area (Å²) in [5.41, 5.74) is 0. The Morgan fingerprint density at radius 3 is 3.00 bits per heavy atom. The van der Waals surface area contributed by atoms with Crippen molar-refractivity contribution in [3.63, 3.8) is 0 Å². The van der Waals surface area contributed by atoms with Gasteiger partial charge in [0.1, 0.15) is 5.82 Å². The maximum atomic E-state index is 12.3. The molecule has 2 aromatic rings. The van der Waals surface area contributed by atoms with Crippen LogP contribution in [0.1, 0.15) is 49.4 Å². The Hall–Kier alpha value is -1.99. The minimum Gasteiger partial charge on any atom is -0.339 e. The average molecular weight is 348 g/mol. The van der Waals surface area contributed by atoms with Crippen molar-refractivity contribution in [2.24, 2.45) is 0 Å². The zero-order valence-corrected chi connectivity index (χ0v) is 13.9. The number of carbonyl (C=O) groups excluding carboxylic acids is 1. The Balaban J connectivity index is 1.38. The van der Waals surface area contributed by atoms with E-state index in [-0.39, 0.29) is 18.5 Å². The summed E-state index contributed by atoms with van der Waals surface area (Å²) in [7, 11) is 0. The molecule has 4 rings (SSSR count). The van der Waals surface area contributed by atoms with Crippen molar-refractivity contribution in [3.8, 4) is 0 Å². The fourth-order valence-electron chi connectivity index (χ4n) is 3.00. The molecule has 2 fully saturated rings. The summed E-state index contributed by atoms with van der Waals surface area (Å²) in [6, 6.07) is 3.43. The van der Waals surface area contributed by atoms with Crippen LogP contribution in [-0.2, 0) is 4.79 Å². The van der Waals surface area contributed by atoms with Gasteiger partial charge in [0.2, 0.25) is 11.8 Å². The predicted octanol–water partition coefficient (Wildman–Crippen LogP) is 2.77. The first kappa shape index (κ1) is 15.5. The number of hydrogen-bond acceptors (Lipinski definition) is 6. The van der Waals surface area contributed by atoms with E-state index in [1.54, 1.807) is 12.1 Å². The lowest BCUT2D eigenvalue weighted by atomic mass is 10.2. The number of anilines is 1. The molecule has 2 aliphatic rings. The number of pyridine rings is 1. The second-order valence-corrected chi connectivity index (χ2v) is 6.74. The van der Waals surface area contributed by atoms with Crippen molar-refractivity contribution >= 4 is 23.3 Å². The minimum atomic E-state index is -0.109. The number of likely N-dealkylation sites (tertiary alicyclic amines) is 1. The second-order valence-electron chi connectivity index (χ2n) is 6.30. The molecule has 0 bridgehead atoms. The first-order chi connectivity index (χ1) is 11.7. The monoisotopic (exact) mass is 347 g/mol. The zero-order chi connectivity index (χ0) is 16.5. The molecule has 1 unspecified atom stereocenters. The van der Waals surface area contributed by atoms with Gasteiger partial charge in [-0.2, -0.15) is 4.98 Å². The van der Waals surface area contributed by atoms with E-state index >= 15 is 0 Å². The van der Waals surface area contributed by atoms with Gasteiger partial charge in [-0.1, -0.05) is 16.8 Å². The summed E-state index contributed by atoms with van der Waals surface area (Å²) in [5, 5.41) is 7.45. The Kier molecular flexibility index (Phi) is 4.20. The van der Waals surface area contributed by atoms with Gasteiger partial charge in [-0.3, -0.25) is 9.69 Å². The number of aromatic nitrogens is 3. The van der Waals surface area contributed by atoms with E-state index in [4.69, 9.17) is 16.1 Å². The lowest BCUT2D eigenvalue weighted by molar-refractivity contribution is -0.117. The summed E-state index contributed by atoms with van der Waals surface area (Å²) in [5.74, 6) is 2.28. The Bertz CT molecular complexity index is 728. The minimum absolute atomic E-state index is 0.0465. The summed E-state index contributed by atoms with van der Waals surface area (Å²) in [6.45, 7) is 1.13. The fourth-order valence-corrected chi connectivity index (χ4v) is 3.11. The Morgan fingerprint density at radius 1 is 1.38 bits per heavy atom. The number of nitrogens with one attached hydrogen (secondary N) is 1. The predicted molar refractivity (Wildman–Crippen MR) is 87.7 cm³/mol. The van der Waals surface area contributed by atoms with Gasteiger partial charge >= 0.3 is 0 Å². The van der Waals surface area contributed by atoms with Crippen LogP contribution in [0.4, 0.5) is 5.82 Å². The lowest BCUT2D eigenvalue weighted by Crippen LogP contribution is -2.33. The summed E-state index contributed by atoms with van der Waals surface area (Å²) in [6.07, 6.45) is 5.73. The van der Waals surface area contributed by atoms with Crippen LogP contribution in [0.15, 0.2) is 22.9 Å². The lowest BCUT2D eigenvalue weighted by Gasteiger charge is -2.20. The summed E-state index contributed by atoms with van der Waals surface area (Å²) >= 11 is 5.80. The molecular weight excluding hydrogens is 330 g/mol. The highest BCUT2D eigenvalue weighted by Crippen LogP contribution is 2.40. The van der Waals surface area contributed by atoms with Gasteiger partial charge in [0, 0.05) is 12.1 Å². The quantitative estimate of drug-likeness (QED) is 0.895. The molecule has 1 atom stereocenters. The molecule has 1 aliphatic heterocycles. The number of hydrogen-bond donors (Lipinski definition) is 1. The maximum absolute atomic E-state index is 12.3. The zero-order valence-electron chi connectivity index (χ0n) is 13.1. The first-order valence-corrected chi connectivity index (χ1v) is 8.56. The average Bonchev–Trinajstić information content (AvgIpc) is 3.12. The molecule has 0 aromatic carbocycles. The second kappa shape index (κ2) is 6.49. The van der Waals surface area contributed by atoms with Crippen LogP contribution in [0, 0.1) is 0 Å². The van der Waals surface area contributed by atoms with E-state index in [9.17, 15) is 4.79 Å². The van der Waals surface area contributed by atoms with Crippen molar-refractivity contribution in [2.75, 3.05) is 18.4 Å². The van der Waals surface area contributed by atoms with Crippen LogP contribution in [0.5, 0.6) is 0 Å². The van der Waals surface area contributed by atoms with Gasteiger partial charge in [-0.05, 0) is 44.4 Å². The summed E-state index contributed by atoms with van der Waals surface area (Å²) < 4.78 is 5.35. The third-order valence-electron chi connectivity index (χ3n) is 4.39. The number of rotatable bonds is 5. The van der Waals surface area contributed by atoms with Crippen molar-refractivity contribution in [1.29, 1.82) is 0 Å². The molecule has 2 aromatic heterocycles. The van der Waals surface area contributed by atoms with E-state index in [1.165, 1.54) is 6.20 Å². The van der Waals surface area contributed by atoms with Crippen LogP contribution < -0.4 is 5.32 Å². The smallest absolute Gasteiger partial charge is 0.239 e. The maximum Gasteiger partial charge on any atom is 0.239 e. The Morgan fingerprint density at radius 2 is 2.25 bits per heavy atom.